The van der Waals surface area contributed by atoms with Crippen LogP contribution in [0.25, 0.3) is 0 Å². The maximum atomic E-state index is 11.8. The van der Waals surface area contributed by atoms with Crippen molar-refractivity contribution >= 4 is 5.91 Å². The van der Waals surface area contributed by atoms with Crippen LogP contribution in [0.3, 0.4) is 0 Å². The van der Waals surface area contributed by atoms with E-state index in [1.807, 2.05) is 37.3 Å². The summed E-state index contributed by atoms with van der Waals surface area (Å²) in [6.07, 6.45) is 0.833. The largest absolute Gasteiger partial charge is 0.377 e. The van der Waals surface area contributed by atoms with E-state index in [1.54, 1.807) is 0 Å². The number of carbonyl (C=O) groups is 1. The zero-order valence-electron chi connectivity index (χ0n) is 11.9. The minimum absolute atomic E-state index is 0.0459. The Morgan fingerprint density at radius 2 is 2.05 bits per heavy atom. The second-order valence-corrected chi connectivity index (χ2v) is 4.98. The van der Waals surface area contributed by atoms with E-state index in [0.717, 1.165) is 25.1 Å². The first-order valence-electron chi connectivity index (χ1n) is 7.06. The minimum Gasteiger partial charge on any atom is -0.377 e. The number of nitrogens with one attached hydrogen (secondary N) is 2. The van der Waals surface area contributed by atoms with Crippen molar-refractivity contribution in [3.05, 3.63) is 47.0 Å². The van der Waals surface area contributed by atoms with Crippen LogP contribution in [0.4, 0.5) is 0 Å². The summed E-state index contributed by atoms with van der Waals surface area (Å²) in [5, 5.41) is 6.06. The van der Waals surface area contributed by atoms with Crippen LogP contribution in [0, 0.1) is 0 Å². The molecule has 4 nitrogen and oxygen atoms in total. The van der Waals surface area contributed by atoms with Gasteiger partial charge in [-0.3, -0.25) is 4.79 Å². The highest BCUT2D eigenvalue weighted by atomic mass is 16.5. The summed E-state index contributed by atoms with van der Waals surface area (Å²) in [5.74, 6) is 0.0459. The van der Waals surface area contributed by atoms with Gasteiger partial charge in [0.2, 0.25) is 5.91 Å². The maximum absolute atomic E-state index is 11.8. The quantitative estimate of drug-likeness (QED) is 0.587. The van der Waals surface area contributed by atoms with Crippen LogP contribution in [-0.2, 0) is 16.1 Å². The van der Waals surface area contributed by atoms with Gasteiger partial charge in [0, 0.05) is 31.8 Å². The molecule has 1 fully saturated rings. The Labute approximate surface area is 120 Å². The van der Waals surface area contributed by atoms with E-state index in [0.29, 0.717) is 19.8 Å². The number of amides is 1. The van der Waals surface area contributed by atoms with Gasteiger partial charge in [0.25, 0.3) is 0 Å². The monoisotopic (exact) mass is 274 g/mol. The smallest absolute Gasteiger partial charge is 0.246 e. The number of rotatable bonds is 7. The maximum Gasteiger partial charge on any atom is 0.246 e. The second kappa shape index (κ2) is 7.82. The molecule has 0 spiro atoms. The van der Waals surface area contributed by atoms with Gasteiger partial charge < -0.3 is 15.4 Å². The first kappa shape index (κ1) is 14.8. The third-order valence-electron chi connectivity index (χ3n) is 3.41. The Hall–Kier alpha value is -1.65. The van der Waals surface area contributed by atoms with Gasteiger partial charge in [-0.25, -0.2) is 0 Å². The summed E-state index contributed by atoms with van der Waals surface area (Å²) in [4.78, 5) is 11.8. The number of ether oxygens (including phenoxy) is 1. The van der Waals surface area contributed by atoms with E-state index in [2.05, 4.69) is 10.6 Å². The number of benzene rings is 1. The molecular formula is C16H22N2O2. The van der Waals surface area contributed by atoms with Crippen molar-refractivity contribution in [3.8, 4) is 0 Å². The molecule has 1 aliphatic heterocycles. The molecule has 0 radical (unpaired) electrons. The fraction of sp³-hybridized carbons (Fsp3) is 0.438. The average molecular weight is 274 g/mol. The molecule has 1 aliphatic rings. The molecule has 0 saturated carbocycles. The Morgan fingerprint density at radius 1 is 1.30 bits per heavy atom. The molecular weight excluding hydrogens is 252 g/mol. The van der Waals surface area contributed by atoms with Crippen LogP contribution in [0.1, 0.15) is 18.9 Å². The van der Waals surface area contributed by atoms with Crippen LogP contribution in [0.15, 0.2) is 41.5 Å². The number of carbonyl (C=O) groups excluding carboxylic acids is 1. The summed E-state index contributed by atoms with van der Waals surface area (Å²) in [6.45, 7) is 5.53. The summed E-state index contributed by atoms with van der Waals surface area (Å²) in [6, 6.07) is 10.1. The van der Waals surface area contributed by atoms with Crippen molar-refractivity contribution in [2.45, 2.75) is 20.0 Å². The molecule has 108 valence electrons. The zero-order chi connectivity index (χ0) is 14.2. The lowest BCUT2D eigenvalue weighted by Gasteiger charge is -2.21. The van der Waals surface area contributed by atoms with Gasteiger partial charge in [-0.05, 0) is 24.5 Å². The number of hydrogen-bond acceptors (Lipinski definition) is 3. The normalized spacial score (nSPS) is 13.8. The molecule has 4 heteroatoms. The lowest BCUT2D eigenvalue weighted by atomic mass is 10.0. The van der Waals surface area contributed by atoms with Crippen LogP contribution >= 0.6 is 0 Å². The third kappa shape index (κ3) is 4.47. The molecule has 1 heterocycles. The van der Waals surface area contributed by atoms with Crippen molar-refractivity contribution in [1.82, 2.24) is 10.6 Å². The molecule has 1 saturated heterocycles. The fourth-order valence-corrected chi connectivity index (χ4v) is 1.95. The Kier molecular flexibility index (Phi) is 5.77. The lowest BCUT2D eigenvalue weighted by molar-refractivity contribution is -0.117. The molecule has 1 aromatic rings. The molecule has 0 aromatic heterocycles. The standard InChI is InChI=1S/C16H22N2O2/c1-13(15-10-17-11-15)16(19)18-8-5-9-20-12-14-6-3-2-4-7-14/h2-4,6-7,17H,5,8-12H2,1H3,(H,18,19). The van der Waals surface area contributed by atoms with Crippen molar-refractivity contribution in [2.24, 2.45) is 0 Å². The second-order valence-electron chi connectivity index (χ2n) is 4.98. The van der Waals surface area contributed by atoms with E-state index in [-0.39, 0.29) is 5.91 Å². The van der Waals surface area contributed by atoms with Crippen molar-refractivity contribution in [3.63, 3.8) is 0 Å². The topological polar surface area (TPSA) is 50.4 Å². The molecule has 2 N–H and O–H groups in total. The third-order valence-corrected chi connectivity index (χ3v) is 3.41. The highest BCUT2D eigenvalue weighted by Crippen LogP contribution is 2.08. The number of hydrogen-bond donors (Lipinski definition) is 2. The van der Waals surface area contributed by atoms with Gasteiger partial charge >= 0.3 is 0 Å². The van der Waals surface area contributed by atoms with E-state index in [9.17, 15) is 4.79 Å². The molecule has 1 amide bonds. The van der Waals surface area contributed by atoms with Gasteiger partial charge in [-0.15, -0.1) is 0 Å². The highest BCUT2D eigenvalue weighted by molar-refractivity contribution is 5.93. The molecule has 0 atom stereocenters. The van der Waals surface area contributed by atoms with Crippen LogP contribution < -0.4 is 10.6 Å². The van der Waals surface area contributed by atoms with E-state index in [1.165, 1.54) is 11.1 Å². The van der Waals surface area contributed by atoms with Gasteiger partial charge in [0.15, 0.2) is 0 Å². The van der Waals surface area contributed by atoms with Gasteiger partial charge in [0.1, 0.15) is 0 Å². The fourth-order valence-electron chi connectivity index (χ4n) is 1.95. The van der Waals surface area contributed by atoms with E-state index in [4.69, 9.17) is 4.74 Å². The van der Waals surface area contributed by atoms with Crippen molar-refractivity contribution in [2.75, 3.05) is 26.2 Å². The molecule has 20 heavy (non-hydrogen) atoms. The SMILES string of the molecule is CC(C(=O)NCCCOCc1ccccc1)=C1CNC1. The lowest BCUT2D eigenvalue weighted by Crippen LogP contribution is -2.37. The molecule has 0 unspecified atom stereocenters. The van der Waals surface area contributed by atoms with E-state index < -0.39 is 0 Å². The molecule has 0 aliphatic carbocycles. The van der Waals surface area contributed by atoms with Gasteiger partial charge in [0.05, 0.1) is 6.61 Å². The molecule has 2 rings (SSSR count). The van der Waals surface area contributed by atoms with Gasteiger partial charge in [-0.2, -0.15) is 0 Å². The van der Waals surface area contributed by atoms with Gasteiger partial charge in [-0.1, -0.05) is 30.3 Å². The van der Waals surface area contributed by atoms with Crippen molar-refractivity contribution < 1.29 is 9.53 Å². The highest BCUT2D eigenvalue weighted by Gasteiger charge is 2.15. The Morgan fingerprint density at radius 3 is 2.70 bits per heavy atom. The average Bonchev–Trinajstić information content (AvgIpc) is 2.41. The summed E-state index contributed by atoms with van der Waals surface area (Å²) >= 11 is 0. The molecule has 1 aromatic carbocycles. The minimum atomic E-state index is 0.0459. The zero-order valence-corrected chi connectivity index (χ0v) is 11.9. The predicted octanol–water partition coefficient (Wildman–Crippen LogP) is 1.63. The van der Waals surface area contributed by atoms with E-state index >= 15 is 0 Å². The summed E-state index contributed by atoms with van der Waals surface area (Å²) < 4.78 is 5.57. The first-order valence-corrected chi connectivity index (χ1v) is 7.06. The Balaban J connectivity index is 1.54. The summed E-state index contributed by atoms with van der Waals surface area (Å²) in [7, 11) is 0. The van der Waals surface area contributed by atoms with Crippen LogP contribution in [0.2, 0.25) is 0 Å². The Bertz CT molecular complexity index is 463. The van der Waals surface area contributed by atoms with Crippen LogP contribution in [-0.4, -0.2) is 32.1 Å². The molecule has 0 bridgehead atoms. The first-order chi connectivity index (χ1) is 9.77. The van der Waals surface area contributed by atoms with Crippen LogP contribution in [0.5, 0.6) is 0 Å². The predicted molar refractivity (Wildman–Crippen MR) is 79.3 cm³/mol. The van der Waals surface area contributed by atoms with Crippen molar-refractivity contribution in [1.29, 1.82) is 0 Å². The summed E-state index contributed by atoms with van der Waals surface area (Å²) in [5.41, 5.74) is 3.24.